The Kier molecular flexibility index (Phi) is 8.84. The molecule has 0 bridgehead atoms. The van der Waals surface area contributed by atoms with Crippen molar-refractivity contribution >= 4 is 45.8 Å². The maximum Gasteiger partial charge on any atom is 0.165 e. The first-order chi connectivity index (χ1) is 19.3. The first-order valence-corrected chi connectivity index (χ1v) is 12.8. The number of rotatable bonds is 4. The van der Waals surface area contributed by atoms with E-state index in [9.17, 15) is 10.2 Å². The summed E-state index contributed by atoms with van der Waals surface area (Å²) in [5.41, 5.74) is 3.01. The Morgan fingerprint density at radius 3 is 1.17 bits per heavy atom. The van der Waals surface area contributed by atoms with Crippen LogP contribution in [0.15, 0.2) is 97.1 Å². The van der Waals surface area contributed by atoms with E-state index in [1.165, 1.54) is 0 Å². The SMILES string of the molecule is CN(C)c1nc(-c2ccccc2O)nc2ccccc12.CN(C)c1nc(-c2ccccc2O)nc2ccccc12.Cl. The van der Waals surface area contributed by atoms with Crippen molar-refractivity contribution < 1.29 is 10.2 Å². The van der Waals surface area contributed by atoms with Crippen LogP contribution in [0.25, 0.3) is 44.6 Å². The highest BCUT2D eigenvalue weighted by molar-refractivity contribution is 5.92. The lowest BCUT2D eigenvalue weighted by Crippen LogP contribution is -2.12. The highest BCUT2D eigenvalue weighted by atomic mass is 35.5. The van der Waals surface area contributed by atoms with Crippen molar-refractivity contribution in [2.24, 2.45) is 0 Å². The largest absolute Gasteiger partial charge is 0.507 e. The van der Waals surface area contributed by atoms with Crippen LogP contribution in [-0.4, -0.2) is 58.3 Å². The van der Waals surface area contributed by atoms with Crippen LogP contribution >= 0.6 is 12.4 Å². The van der Waals surface area contributed by atoms with E-state index >= 15 is 0 Å². The molecule has 9 heteroatoms. The van der Waals surface area contributed by atoms with Gasteiger partial charge in [-0.1, -0.05) is 48.5 Å². The van der Waals surface area contributed by atoms with E-state index in [2.05, 4.69) is 19.9 Å². The second kappa shape index (κ2) is 12.5. The Morgan fingerprint density at radius 1 is 0.463 bits per heavy atom. The Balaban J connectivity index is 0.000000184. The summed E-state index contributed by atoms with van der Waals surface area (Å²) >= 11 is 0. The molecule has 2 aromatic heterocycles. The van der Waals surface area contributed by atoms with Crippen LogP contribution in [-0.2, 0) is 0 Å². The number of hydrogen-bond donors (Lipinski definition) is 2. The molecule has 2 heterocycles. The van der Waals surface area contributed by atoms with Gasteiger partial charge in [-0.15, -0.1) is 12.4 Å². The zero-order valence-electron chi connectivity index (χ0n) is 23.2. The lowest BCUT2D eigenvalue weighted by Gasteiger charge is -2.15. The van der Waals surface area contributed by atoms with Crippen LogP contribution in [0.5, 0.6) is 11.5 Å². The van der Waals surface area contributed by atoms with E-state index in [-0.39, 0.29) is 23.9 Å². The van der Waals surface area contributed by atoms with E-state index in [4.69, 9.17) is 0 Å². The van der Waals surface area contributed by atoms with E-state index in [1.54, 1.807) is 24.3 Å². The number of aromatic nitrogens is 4. The molecule has 0 aliphatic rings. The Hall–Kier alpha value is -4.95. The summed E-state index contributed by atoms with van der Waals surface area (Å²) < 4.78 is 0. The fourth-order valence-corrected chi connectivity index (χ4v) is 4.37. The van der Waals surface area contributed by atoms with Gasteiger partial charge in [0, 0.05) is 39.0 Å². The maximum atomic E-state index is 9.97. The number of benzene rings is 4. The molecule has 0 aliphatic carbocycles. The van der Waals surface area contributed by atoms with Crippen molar-refractivity contribution in [2.45, 2.75) is 0 Å². The summed E-state index contributed by atoms with van der Waals surface area (Å²) in [7, 11) is 7.79. The second-order valence-electron chi connectivity index (χ2n) is 9.60. The predicted molar refractivity (Wildman–Crippen MR) is 169 cm³/mol. The standard InChI is InChI=1S/2C16H15N3O.ClH/c2*1-19(2)16-11-7-3-5-9-13(11)17-15(18-16)12-8-4-6-10-14(12)20;/h2*3-10,20H,1-2H3;1H. The van der Waals surface area contributed by atoms with Gasteiger partial charge in [0.15, 0.2) is 11.6 Å². The highest BCUT2D eigenvalue weighted by Gasteiger charge is 2.14. The van der Waals surface area contributed by atoms with Crippen molar-refractivity contribution in [3.05, 3.63) is 97.1 Å². The zero-order valence-corrected chi connectivity index (χ0v) is 24.0. The fourth-order valence-electron chi connectivity index (χ4n) is 4.37. The Bertz CT molecular complexity index is 1680. The van der Waals surface area contributed by atoms with Crippen LogP contribution in [0.3, 0.4) is 0 Å². The molecule has 0 atom stereocenters. The molecule has 0 saturated carbocycles. The molecule has 0 amide bonds. The summed E-state index contributed by atoms with van der Waals surface area (Å²) in [5.74, 6) is 3.12. The molecule has 41 heavy (non-hydrogen) atoms. The van der Waals surface area contributed by atoms with Gasteiger partial charge >= 0.3 is 0 Å². The third-order valence-corrected chi connectivity index (χ3v) is 6.30. The van der Waals surface area contributed by atoms with Gasteiger partial charge in [-0.3, -0.25) is 0 Å². The molecular weight excluding hydrogens is 536 g/mol. The quantitative estimate of drug-likeness (QED) is 0.247. The molecule has 0 radical (unpaired) electrons. The minimum absolute atomic E-state index is 0. The molecule has 8 nitrogen and oxygen atoms in total. The summed E-state index contributed by atoms with van der Waals surface area (Å²) in [5, 5.41) is 21.9. The van der Waals surface area contributed by atoms with Crippen molar-refractivity contribution in [1.29, 1.82) is 0 Å². The van der Waals surface area contributed by atoms with Crippen LogP contribution < -0.4 is 9.80 Å². The summed E-state index contributed by atoms with van der Waals surface area (Å²) in [6.45, 7) is 0. The average Bonchev–Trinajstić information content (AvgIpc) is 2.96. The number of hydrogen-bond acceptors (Lipinski definition) is 8. The molecule has 208 valence electrons. The third-order valence-electron chi connectivity index (χ3n) is 6.30. The van der Waals surface area contributed by atoms with E-state index < -0.39 is 0 Å². The normalized spacial score (nSPS) is 10.4. The number of halogens is 1. The van der Waals surface area contributed by atoms with E-state index in [1.807, 2.05) is 111 Å². The number of para-hydroxylation sites is 4. The number of fused-ring (bicyclic) bond motifs is 2. The number of aromatic hydroxyl groups is 2. The van der Waals surface area contributed by atoms with Gasteiger partial charge in [-0.25, -0.2) is 19.9 Å². The molecule has 6 rings (SSSR count). The smallest absolute Gasteiger partial charge is 0.165 e. The minimum Gasteiger partial charge on any atom is -0.507 e. The van der Waals surface area contributed by atoms with Gasteiger partial charge in [0.2, 0.25) is 0 Å². The number of anilines is 2. The number of phenolic OH excluding ortho intramolecular Hbond substituents is 2. The average molecular weight is 567 g/mol. The molecular formula is C32H31ClN6O2. The second-order valence-corrected chi connectivity index (χ2v) is 9.60. The topological polar surface area (TPSA) is 98.5 Å². The van der Waals surface area contributed by atoms with Gasteiger partial charge in [0.05, 0.1) is 22.2 Å². The van der Waals surface area contributed by atoms with E-state index in [0.717, 1.165) is 33.4 Å². The Labute approximate surface area is 245 Å². The predicted octanol–water partition coefficient (Wildman–Crippen LogP) is 6.56. The van der Waals surface area contributed by atoms with Gasteiger partial charge in [-0.2, -0.15) is 0 Å². The van der Waals surface area contributed by atoms with Crippen LogP contribution in [0.4, 0.5) is 11.6 Å². The number of nitrogens with zero attached hydrogens (tertiary/aromatic N) is 6. The van der Waals surface area contributed by atoms with Gasteiger partial charge < -0.3 is 20.0 Å². The van der Waals surface area contributed by atoms with Gasteiger partial charge in [0.25, 0.3) is 0 Å². The summed E-state index contributed by atoms with van der Waals surface area (Å²) in [6.07, 6.45) is 0. The van der Waals surface area contributed by atoms with Crippen molar-refractivity contribution in [2.75, 3.05) is 38.0 Å². The third kappa shape index (κ3) is 6.13. The zero-order chi connectivity index (χ0) is 28.2. The van der Waals surface area contributed by atoms with Crippen LogP contribution in [0.1, 0.15) is 0 Å². The lowest BCUT2D eigenvalue weighted by atomic mass is 10.1. The molecule has 2 N–H and O–H groups in total. The first-order valence-electron chi connectivity index (χ1n) is 12.8. The minimum atomic E-state index is 0. The van der Waals surface area contributed by atoms with Crippen molar-refractivity contribution in [3.8, 4) is 34.3 Å². The van der Waals surface area contributed by atoms with Crippen LogP contribution in [0.2, 0.25) is 0 Å². The van der Waals surface area contributed by atoms with Crippen LogP contribution in [0, 0.1) is 0 Å². The lowest BCUT2D eigenvalue weighted by molar-refractivity contribution is 0.476. The molecule has 0 spiro atoms. The number of phenols is 2. The molecule has 0 aliphatic heterocycles. The highest BCUT2D eigenvalue weighted by Crippen LogP contribution is 2.32. The van der Waals surface area contributed by atoms with Gasteiger partial charge in [0.1, 0.15) is 23.1 Å². The fraction of sp³-hybridized carbons (Fsp3) is 0.125. The summed E-state index contributed by atoms with van der Waals surface area (Å²) in [6, 6.07) is 30.0. The first kappa shape index (κ1) is 29.0. The molecule has 4 aromatic carbocycles. The van der Waals surface area contributed by atoms with Gasteiger partial charge in [-0.05, 0) is 48.5 Å². The summed E-state index contributed by atoms with van der Waals surface area (Å²) in [4.78, 5) is 22.2. The monoisotopic (exact) mass is 566 g/mol. The molecule has 0 fully saturated rings. The van der Waals surface area contributed by atoms with Crippen molar-refractivity contribution in [1.82, 2.24) is 19.9 Å². The molecule has 0 saturated heterocycles. The molecule has 0 unspecified atom stereocenters. The Morgan fingerprint density at radius 2 is 0.805 bits per heavy atom. The van der Waals surface area contributed by atoms with E-state index in [0.29, 0.717) is 22.8 Å². The molecule has 6 aromatic rings. The maximum absolute atomic E-state index is 9.97. The van der Waals surface area contributed by atoms with Crippen molar-refractivity contribution in [3.63, 3.8) is 0 Å².